The zero-order chi connectivity index (χ0) is 18.1. The Balaban J connectivity index is 2.86. The van der Waals surface area contributed by atoms with Crippen molar-refractivity contribution >= 4 is 24.0 Å². The smallest absolute Gasteiger partial charge is 0.331 e. The van der Waals surface area contributed by atoms with Crippen LogP contribution in [-0.2, 0) is 19.1 Å². The highest BCUT2D eigenvalue weighted by molar-refractivity contribution is 5.87. The molecule has 128 valence electrons. The summed E-state index contributed by atoms with van der Waals surface area (Å²) >= 11 is 0. The minimum atomic E-state index is -0.550. The largest absolute Gasteiger partial charge is 0.458 e. The Hall–Kier alpha value is -2.89. The van der Waals surface area contributed by atoms with Crippen LogP contribution < -0.4 is 9.47 Å². The molecule has 1 aromatic rings. The highest BCUT2D eigenvalue weighted by atomic mass is 16.6. The molecule has 0 N–H and O–H groups in total. The predicted molar refractivity (Wildman–Crippen MR) is 88.5 cm³/mol. The first-order chi connectivity index (χ1) is 11.3. The molecule has 24 heavy (non-hydrogen) atoms. The number of allylic oxidation sites excluding steroid dienone is 1. The van der Waals surface area contributed by atoms with E-state index in [1.54, 1.807) is 12.1 Å². The molecular weight excluding hydrogens is 312 g/mol. The molecule has 0 amide bonds. The van der Waals surface area contributed by atoms with Gasteiger partial charge in [0.15, 0.2) is 11.5 Å². The third-order valence-corrected chi connectivity index (χ3v) is 2.60. The summed E-state index contributed by atoms with van der Waals surface area (Å²) in [7, 11) is 0. The van der Waals surface area contributed by atoms with Crippen molar-refractivity contribution in [3.63, 3.8) is 0 Å². The lowest BCUT2D eigenvalue weighted by Gasteiger charge is -2.09. The van der Waals surface area contributed by atoms with Crippen molar-refractivity contribution in [2.45, 2.75) is 27.7 Å². The van der Waals surface area contributed by atoms with E-state index in [0.29, 0.717) is 5.56 Å². The highest BCUT2D eigenvalue weighted by Crippen LogP contribution is 2.29. The van der Waals surface area contributed by atoms with Gasteiger partial charge in [-0.15, -0.1) is 0 Å². The van der Waals surface area contributed by atoms with Crippen molar-refractivity contribution in [3.05, 3.63) is 41.5 Å². The van der Waals surface area contributed by atoms with Crippen LogP contribution in [0.25, 0.3) is 6.08 Å². The number of ether oxygens (including phenoxy) is 3. The maximum atomic E-state index is 11.6. The molecule has 1 aromatic carbocycles. The second-order valence-corrected chi connectivity index (χ2v) is 5.14. The van der Waals surface area contributed by atoms with Crippen molar-refractivity contribution in [2.75, 3.05) is 6.61 Å². The molecule has 6 heteroatoms. The fraction of sp³-hybridized carbons (Fsp3) is 0.278. The van der Waals surface area contributed by atoms with E-state index < -0.39 is 17.9 Å². The molecule has 0 aliphatic heterocycles. The summed E-state index contributed by atoms with van der Waals surface area (Å²) in [5, 5.41) is 0. The first-order valence-electron chi connectivity index (χ1n) is 7.27. The second-order valence-electron chi connectivity index (χ2n) is 5.14. The van der Waals surface area contributed by atoms with Gasteiger partial charge in [0.05, 0.1) is 0 Å². The molecule has 0 aliphatic carbocycles. The number of hydrogen-bond donors (Lipinski definition) is 0. The molecule has 6 nitrogen and oxygen atoms in total. The predicted octanol–water partition coefficient (Wildman–Crippen LogP) is 3.06. The molecule has 0 spiro atoms. The van der Waals surface area contributed by atoms with Crippen LogP contribution in [0, 0.1) is 0 Å². The van der Waals surface area contributed by atoms with E-state index in [1.807, 2.05) is 13.8 Å². The van der Waals surface area contributed by atoms with Gasteiger partial charge in [0.2, 0.25) is 0 Å². The number of rotatable bonds is 6. The van der Waals surface area contributed by atoms with Crippen LogP contribution in [0.15, 0.2) is 35.9 Å². The standard InChI is InChI=1S/C18H20O6/c1-12(2)9-10-22-18(21)8-6-15-5-7-16(23-13(3)19)17(11-15)24-14(4)20/h5-9,11H,10H2,1-4H3. The van der Waals surface area contributed by atoms with Gasteiger partial charge in [0.1, 0.15) is 6.61 Å². The molecule has 1 rings (SSSR count). The molecular formula is C18H20O6. The van der Waals surface area contributed by atoms with Crippen molar-refractivity contribution in [1.82, 2.24) is 0 Å². The van der Waals surface area contributed by atoms with Crippen LogP contribution in [0.4, 0.5) is 0 Å². The fourth-order valence-electron chi connectivity index (χ4n) is 1.60. The Morgan fingerprint density at radius 2 is 1.58 bits per heavy atom. The van der Waals surface area contributed by atoms with Gasteiger partial charge in [-0.1, -0.05) is 11.6 Å². The van der Waals surface area contributed by atoms with Gasteiger partial charge in [-0.3, -0.25) is 9.59 Å². The second kappa shape index (κ2) is 9.29. The minimum Gasteiger partial charge on any atom is -0.458 e. The molecule has 0 saturated heterocycles. The Morgan fingerprint density at radius 3 is 2.17 bits per heavy atom. The molecule has 0 heterocycles. The lowest BCUT2D eigenvalue weighted by molar-refractivity contribution is -0.136. The van der Waals surface area contributed by atoms with E-state index in [1.165, 1.54) is 38.1 Å². The third-order valence-electron chi connectivity index (χ3n) is 2.60. The zero-order valence-electron chi connectivity index (χ0n) is 14.1. The van der Waals surface area contributed by atoms with E-state index >= 15 is 0 Å². The maximum absolute atomic E-state index is 11.6. The fourth-order valence-corrected chi connectivity index (χ4v) is 1.60. The summed E-state index contributed by atoms with van der Waals surface area (Å²) in [5.41, 5.74) is 1.64. The van der Waals surface area contributed by atoms with Gasteiger partial charge in [-0.2, -0.15) is 0 Å². The number of esters is 3. The minimum absolute atomic E-state index is 0.0951. The molecule has 0 radical (unpaired) electrons. The topological polar surface area (TPSA) is 78.9 Å². The highest BCUT2D eigenvalue weighted by Gasteiger charge is 2.10. The summed E-state index contributed by atoms with van der Waals surface area (Å²) in [4.78, 5) is 33.8. The SMILES string of the molecule is CC(=O)Oc1ccc(C=CC(=O)OCC=C(C)C)cc1OC(C)=O. The molecule has 0 fully saturated rings. The van der Waals surface area contributed by atoms with Crippen LogP contribution in [0.1, 0.15) is 33.3 Å². The molecule has 0 aromatic heterocycles. The molecule has 0 aliphatic rings. The first-order valence-corrected chi connectivity index (χ1v) is 7.27. The van der Waals surface area contributed by atoms with Crippen molar-refractivity contribution in [3.8, 4) is 11.5 Å². The van der Waals surface area contributed by atoms with Gasteiger partial charge in [0.25, 0.3) is 0 Å². The average Bonchev–Trinajstić information content (AvgIpc) is 2.46. The normalized spacial score (nSPS) is 10.2. The first kappa shape index (κ1) is 19.2. The number of benzene rings is 1. The number of carbonyl (C=O) groups is 3. The monoisotopic (exact) mass is 332 g/mol. The average molecular weight is 332 g/mol. The molecule has 0 unspecified atom stereocenters. The van der Waals surface area contributed by atoms with E-state index in [2.05, 4.69) is 0 Å². The number of carbonyl (C=O) groups excluding carboxylic acids is 3. The summed E-state index contributed by atoms with van der Waals surface area (Å²) in [5.74, 6) is -1.36. The van der Waals surface area contributed by atoms with E-state index in [4.69, 9.17) is 14.2 Å². The summed E-state index contributed by atoms with van der Waals surface area (Å²) in [6.07, 6.45) is 4.56. The maximum Gasteiger partial charge on any atom is 0.331 e. The molecule has 0 atom stereocenters. The Morgan fingerprint density at radius 1 is 0.958 bits per heavy atom. The summed E-state index contributed by atoms with van der Waals surface area (Å²) < 4.78 is 15.0. The van der Waals surface area contributed by atoms with Crippen LogP contribution >= 0.6 is 0 Å². The van der Waals surface area contributed by atoms with Crippen molar-refractivity contribution in [1.29, 1.82) is 0 Å². The van der Waals surface area contributed by atoms with Gasteiger partial charge in [-0.25, -0.2) is 4.79 Å². The van der Waals surface area contributed by atoms with Crippen molar-refractivity contribution < 1.29 is 28.6 Å². The van der Waals surface area contributed by atoms with Gasteiger partial charge in [0, 0.05) is 19.9 Å². The summed E-state index contributed by atoms with van der Waals surface area (Å²) in [6, 6.07) is 4.58. The van der Waals surface area contributed by atoms with Crippen LogP contribution in [0.2, 0.25) is 0 Å². The van der Waals surface area contributed by atoms with E-state index in [0.717, 1.165) is 5.57 Å². The third kappa shape index (κ3) is 7.40. The van der Waals surface area contributed by atoms with Crippen LogP contribution in [0.5, 0.6) is 11.5 Å². The molecule has 0 saturated carbocycles. The number of hydrogen-bond acceptors (Lipinski definition) is 6. The zero-order valence-corrected chi connectivity index (χ0v) is 14.1. The molecule has 0 bridgehead atoms. The van der Waals surface area contributed by atoms with Crippen molar-refractivity contribution in [2.24, 2.45) is 0 Å². The lowest BCUT2D eigenvalue weighted by Crippen LogP contribution is -2.07. The van der Waals surface area contributed by atoms with Gasteiger partial charge >= 0.3 is 17.9 Å². The van der Waals surface area contributed by atoms with E-state index in [-0.39, 0.29) is 18.1 Å². The van der Waals surface area contributed by atoms with Crippen LogP contribution in [-0.4, -0.2) is 24.5 Å². The van der Waals surface area contributed by atoms with Crippen LogP contribution in [0.3, 0.4) is 0 Å². The lowest BCUT2D eigenvalue weighted by atomic mass is 10.2. The van der Waals surface area contributed by atoms with Gasteiger partial charge in [-0.05, 0) is 43.7 Å². The van der Waals surface area contributed by atoms with Gasteiger partial charge < -0.3 is 14.2 Å². The Labute approximate surface area is 140 Å². The van der Waals surface area contributed by atoms with E-state index in [9.17, 15) is 14.4 Å². The summed E-state index contributed by atoms with van der Waals surface area (Å²) in [6.45, 7) is 6.50. The Kier molecular flexibility index (Phi) is 7.42. The quantitative estimate of drug-likeness (QED) is 0.345. The Bertz CT molecular complexity index is 681.